The minimum absolute atomic E-state index is 0. The summed E-state index contributed by atoms with van der Waals surface area (Å²) in [6.45, 7) is 0. The maximum atomic E-state index is 11.9. The summed E-state index contributed by atoms with van der Waals surface area (Å²) in [7, 11) is 0. The minimum atomic E-state index is -1.12. The summed E-state index contributed by atoms with van der Waals surface area (Å²) in [6, 6.07) is 22.8. The van der Waals surface area contributed by atoms with Gasteiger partial charge in [0.2, 0.25) is 0 Å². The number of rotatable bonds is 1. The Morgan fingerprint density at radius 2 is 0.893 bits per heavy atom. The number of carbonyl (C=O) groups is 1. The molecule has 7 aromatic carbocycles. The zero-order valence-corrected chi connectivity index (χ0v) is 17.2. The van der Waals surface area contributed by atoms with Crippen molar-refractivity contribution >= 4 is 70.6 Å². The zero-order chi connectivity index (χ0) is 17.9. The largest absolute Gasteiger partial charge is 1.00 e. The van der Waals surface area contributed by atoms with Crippen LogP contribution in [0, 0.1) is 0 Å². The van der Waals surface area contributed by atoms with Crippen molar-refractivity contribution in [3.63, 3.8) is 0 Å². The first-order valence-corrected chi connectivity index (χ1v) is 9.04. The van der Waals surface area contributed by atoms with E-state index < -0.39 is 5.97 Å². The third-order valence-corrected chi connectivity index (χ3v) is 6.22. The molecule has 124 valence electrons. The molecule has 0 aliphatic heterocycles. The first-order chi connectivity index (χ1) is 13.2. The van der Waals surface area contributed by atoms with Crippen LogP contribution < -0.4 is 34.7 Å². The van der Waals surface area contributed by atoms with Crippen molar-refractivity contribution in [3.05, 3.63) is 72.3 Å². The number of carboxylic acid groups (broad SMARTS) is 1. The van der Waals surface area contributed by atoms with E-state index in [1.54, 1.807) is 6.07 Å². The Balaban J connectivity index is 0.00000156. The molecule has 0 bridgehead atoms. The molecule has 0 aliphatic carbocycles. The number of carbonyl (C=O) groups excluding carboxylic acids is 1. The molecule has 0 saturated carbocycles. The third kappa shape index (κ3) is 1.72. The van der Waals surface area contributed by atoms with E-state index >= 15 is 0 Å². The fourth-order valence-electron chi connectivity index (χ4n) is 5.16. The summed E-state index contributed by atoms with van der Waals surface area (Å²) in [4.78, 5) is 11.9. The number of hydrogen-bond acceptors (Lipinski definition) is 2. The first kappa shape index (κ1) is 16.3. The van der Waals surface area contributed by atoms with Crippen LogP contribution in [0.5, 0.6) is 0 Å². The van der Waals surface area contributed by atoms with Crippen molar-refractivity contribution < 1.29 is 39.5 Å². The van der Waals surface area contributed by atoms with Crippen LogP contribution in [0.3, 0.4) is 0 Å². The second-order valence-electron chi connectivity index (χ2n) is 7.45. The average Bonchev–Trinajstić information content (AvgIpc) is 2.71. The van der Waals surface area contributed by atoms with Crippen molar-refractivity contribution in [1.29, 1.82) is 0 Å². The molecule has 0 aromatic heterocycles. The summed E-state index contributed by atoms with van der Waals surface area (Å²) >= 11 is 0. The van der Waals surface area contributed by atoms with Gasteiger partial charge in [-0.1, -0.05) is 60.7 Å². The van der Waals surface area contributed by atoms with E-state index in [1.165, 1.54) is 32.3 Å². The molecule has 7 aromatic rings. The second-order valence-corrected chi connectivity index (χ2v) is 7.45. The van der Waals surface area contributed by atoms with Crippen LogP contribution in [0.15, 0.2) is 66.7 Å². The maximum Gasteiger partial charge on any atom is 1.00 e. The summed E-state index contributed by atoms with van der Waals surface area (Å²) in [5, 5.41) is 25.5. The van der Waals surface area contributed by atoms with Gasteiger partial charge < -0.3 is 9.90 Å². The van der Waals surface area contributed by atoms with E-state index in [4.69, 9.17) is 0 Å². The van der Waals surface area contributed by atoms with Gasteiger partial charge in [0.1, 0.15) is 0 Å². The number of carboxylic acids is 1. The molecule has 0 amide bonds. The minimum Gasteiger partial charge on any atom is -0.545 e. The van der Waals surface area contributed by atoms with Crippen LogP contribution >= 0.6 is 0 Å². The van der Waals surface area contributed by atoms with Crippen LogP contribution in [0.1, 0.15) is 10.4 Å². The molecule has 0 atom stereocenters. The molecule has 0 radical (unpaired) electrons. The molecule has 7 rings (SSSR count). The monoisotopic (exact) mass is 366 g/mol. The van der Waals surface area contributed by atoms with Gasteiger partial charge in [-0.25, -0.2) is 0 Å². The molecule has 0 unspecified atom stereocenters. The molecule has 0 heterocycles. The van der Waals surface area contributed by atoms with Gasteiger partial charge in [-0.15, -0.1) is 0 Å². The van der Waals surface area contributed by atoms with Crippen LogP contribution in [0.25, 0.3) is 64.6 Å². The second kappa shape index (κ2) is 5.24. The van der Waals surface area contributed by atoms with E-state index in [2.05, 4.69) is 42.5 Å². The quantitative estimate of drug-likeness (QED) is 0.254. The summed E-state index contributed by atoms with van der Waals surface area (Å²) < 4.78 is 0. The maximum absolute atomic E-state index is 11.9. The molecular weight excluding hydrogens is 355 g/mol. The molecule has 0 fully saturated rings. The van der Waals surface area contributed by atoms with Gasteiger partial charge in [0.15, 0.2) is 0 Å². The fourth-order valence-corrected chi connectivity index (χ4v) is 5.16. The topological polar surface area (TPSA) is 40.1 Å². The predicted octanol–water partition coefficient (Wildman–Crippen LogP) is 2.29. The molecule has 0 saturated heterocycles. The van der Waals surface area contributed by atoms with Crippen molar-refractivity contribution in [2.24, 2.45) is 0 Å². The van der Waals surface area contributed by atoms with Crippen molar-refractivity contribution in [2.75, 3.05) is 0 Å². The van der Waals surface area contributed by atoms with Crippen molar-refractivity contribution in [2.45, 2.75) is 0 Å². The van der Waals surface area contributed by atoms with Gasteiger partial charge in [-0.05, 0) is 70.7 Å². The third-order valence-electron chi connectivity index (χ3n) is 6.22. The molecule has 0 aliphatic rings. The van der Waals surface area contributed by atoms with E-state index in [9.17, 15) is 9.90 Å². The Bertz CT molecular complexity index is 1640. The molecule has 0 spiro atoms. The van der Waals surface area contributed by atoms with Gasteiger partial charge >= 0.3 is 29.6 Å². The van der Waals surface area contributed by atoms with Gasteiger partial charge in [-0.2, -0.15) is 0 Å². The number of benzene rings is 7. The van der Waals surface area contributed by atoms with Crippen LogP contribution in [-0.2, 0) is 0 Å². The van der Waals surface area contributed by atoms with E-state index in [0.29, 0.717) is 0 Å². The Labute approximate surface area is 181 Å². The van der Waals surface area contributed by atoms with E-state index in [-0.39, 0.29) is 35.1 Å². The van der Waals surface area contributed by atoms with E-state index in [1.807, 2.05) is 18.2 Å². The standard InChI is InChI=1S/C25H12O2.Na/c26-25(27)18-11-16-8-7-14-4-2-12-1-3-13-5-6-15-9-10-17(18)24-22(15)20(13)19(12)21(14)23(16)24;/h1-11H,(H,26,27);/q;+1/p-1. The SMILES string of the molecule is O=C([O-])c1cc2ccc3ccc4ccc5ccc6ccc1c1c6c5c4c3c21.[Na+]. The van der Waals surface area contributed by atoms with Crippen molar-refractivity contribution in [3.8, 4) is 0 Å². The molecule has 3 heteroatoms. The fraction of sp³-hybridized carbons (Fsp3) is 0. The van der Waals surface area contributed by atoms with Gasteiger partial charge in [0.05, 0.1) is 5.97 Å². The summed E-state index contributed by atoms with van der Waals surface area (Å²) in [5.74, 6) is -1.12. The van der Waals surface area contributed by atoms with Crippen LogP contribution in [-0.4, -0.2) is 5.97 Å². The average molecular weight is 366 g/mol. The predicted molar refractivity (Wildman–Crippen MR) is 109 cm³/mol. The number of hydrogen-bond donors (Lipinski definition) is 0. The van der Waals surface area contributed by atoms with Crippen LogP contribution in [0.2, 0.25) is 0 Å². The Morgan fingerprint density at radius 3 is 1.36 bits per heavy atom. The first-order valence-electron chi connectivity index (χ1n) is 9.04. The molecule has 0 N–H and O–H groups in total. The van der Waals surface area contributed by atoms with E-state index in [0.717, 1.165) is 32.3 Å². The van der Waals surface area contributed by atoms with Gasteiger partial charge in [0.25, 0.3) is 0 Å². The Hall–Kier alpha value is -2.65. The van der Waals surface area contributed by atoms with Crippen molar-refractivity contribution in [1.82, 2.24) is 0 Å². The van der Waals surface area contributed by atoms with Crippen LogP contribution in [0.4, 0.5) is 0 Å². The molecule has 28 heavy (non-hydrogen) atoms. The molecule has 2 nitrogen and oxygen atoms in total. The normalized spacial score (nSPS) is 12.3. The van der Waals surface area contributed by atoms with Gasteiger partial charge in [0, 0.05) is 5.56 Å². The summed E-state index contributed by atoms with van der Waals surface area (Å²) in [6.07, 6.45) is 0. The Kier molecular flexibility index (Phi) is 3.05. The zero-order valence-electron chi connectivity index (χ0n) is 15.2. The van der Waals surface area contributed by atoms with Gasteiger partial charge in [-0.3, -0.25) is 0 Å². The Morgan fingerprint density at radius 1 is 0.536 bits per heavy atom. The molecular formula is C25H11NaO2. The number of aromatic carboxylic acids is 1. The smallest absolute Gasteiger partial charge is 0.545 e. The summed E-state index contributed by atoms with van der Waals surface area (Å²) in [5.41, 5.74) is 0.266.